The number of methoxy groups -OCH3 is 2. The fraction of sp³-hybridized carbons (Fsp3) is 0.280. The van der Waals surface area contributed by atoms with Gasteiger partial charge in [0.25, 0.3) is 5.91 Å². The lowest BCUT2D eigenvalue weighted by Crippen LogP contribution is -2.41. The predicted octanol–water partition coefficient (Wildman–Crippen LogP) is 4.35. The Balaban J connectivity index is 1.44. The zero-order chi connectivity index (χ0) is 21.8. The van der Waals surface area contributed by atoms with Crippen LogP contribution in [0.15, 0.2) is 60.7 Å². The molecule has 0 radical (unpaired) electrons. The van der Waals surface area contributed by atoms with Crippen LogP contribution in [0.25, 0.3) is 10.8 Å². The highest BCUT2D eigenvalue weighted by atomic mass is 16.5. The number of nitrogens with zero attached hydrogens (tertiary/aromatic N) is 1. The second-order valence-electron chi connectivity index (χ2n) is 7.62. The van der Waals surface area contributed by atoms with E-state index in [-0.39, 0.29) is 17.7 Å². The number of nitrogens with one attached hydrogen (secondary N) is 1. The topological polar surface area (TPSA) is 67.9 Å². The third kappa shape index (κ3) is 4.19. The minimum atomic E-state index is -0.137. The molecule has 0 saturated carbocycles. The first-order valence-electron chi connectivity index (χ1n) is 10.4. The lowest BCUT2D eigenvalue weighted by Gasteiger charge is -2.31. The summed E-state index contributed by atoms with van der Waals surface area (Å²) in [6.07, 6.45) is 1.25. The van der Waals surface area contributed by atoms with Crippen molar-refractivity contribution in [3.63, 3.8) is 0 Å². The van der Waals surface area contributed by atoms with Crippen LogP contribution >= 0.6 is 0 Å². The second-order valence-corrected chi connectivity index (χ2v) is 7.62. The Morgan fingerprint density at radius 2 is 1.48 bits per heavy atom. The highest BCUT2D eigenvalue weighted by Gasteiger charge is 2.29. The molecule has 1 aliphatic heterocycles. The molecule has 3 aromatic rings. The van der Waals surface area contributed by atoms with Gasteiger partial charge in [0.05, 0.1) is 19.9 Å². The van der Waals surface area contributed by atoms with Gasteiger partial charge in [-0.2, -0.15) is 0 Å². The molecule has 2 amide bonds. The van der Waals surface area contributed by atoms with Crippen molar-refractivity contribution < 1.29 is 19.1 Å². The molecule has 1 N–H and O–H groups in total. The highest BCUT2D eigenvalue weighted by Crippen LogP contribution is 2.30. The second kappa shape index (κ2) is 9.08. The predicted molar refractivity (Wildman–Crippen MR) is 121 cm³/mol. The summed E-state index contributed by atoms with van der Waals surface area (Å²) in [5.74, 6) is 1.20. The first-order valence-corrected chi connectivity index (χ1v) is 10.4. The van der Waals surface area contributed by atoms with Gasteiger partial charge in [-0.25, -0.2) is 0 Å². The summed E-state index contributed by atoms with van der Waals surface area (Å²) < 4.78 is 10.7. The summed E-state index contributed by atoms with van der Waals surface area (Å²) in [5, 5.41) is 4.76. The summed E-state index contributed by atoms with van der Waals surface area (Å²) in [5.41, 5.74) is 1.33. The molecular weight excluding hydrogens is 392 g/mol. The number of likely N-dealkylation sites (tertiary alicyclic amines) is 1. The zero-order valence-corrected chi connectivity index (χ0v) is 17.8. The maximum absolute atomic E-state index is 13.2. The van der Waals surface area contributed by atoms with E-state index in [0.29, 0.717) is 42.9 Å². The number of hydrogen-bond acceptors (Lipinski definition) is 4. The normalized spacial score (nSPS) is 14.3. The number of anilines is 1. The van der Waals surface area contributed by atoms with E-state index < -0.39 is 0 Å². The van der Waals surface area contributed by atoms with Gasteiger partial charge in [0.2, 0.25) is 5.91 Å². The van der Waals surface area contributed by atoms with Crippen molar-refractivity contribution in [3.05, 3.63) is 66.2 Å². The average molecular weight is 418 g/mol. The van der Waals surface area contributed by atoms with E-state index in [4.69, 9.17) is 9.47 Å². The number of para-hydroxylation sites is 2. The Bertz CT molecular complexity index is 1100. The number of amides is 2. The van der Waals surface area contributed by atoms with Crippen molar-refractivity contribution in [2.24, 2.45) is 5.92 Å². The van der Waals surface area contributed by atoms with Crippen LogP contribution in [0, 0.1) is 5.92 Å². The van der Waals surface area contributed by atoms with E-state index in [1.165, 1.54) is 0 Å². The molecule has 1 heterocycles. The van der Waals surface area contributed by atoms with E-state index in [1.807, 2.05) is 65.6 Å². The molecule has 0 spiro atoms. The molecule has 1 aliphatic rings. The Labute approximate surface area is 181 Å². The van der Waals surface area contributed by atoms with Crippen LogP contribution in [0.1, 0.15) is 23.2 Å². The number of rotatable bonds is 5. The number of piperidine rings is 1. The van der Waals surface area contributed by atoms with Crippen LogP contribution < -0.4 is 14.8 Å². The maximum Gasteiger partial charge on any atom is 0.254 e. The highest BCUT2D eigenvalue weighted by molar-refractivity contribution is 6.08. The Kier molecular flexibility index (Phi) is 6.07. The van der Waals surface area contributed by atoms with Gasteiger partial charge in [-0.15, -0.1) is 0 Å². The van der Waals surface area contributed by atoms with E-state index >= 15 is 0 Å². The Morgan fingerprint density at radius 3 is 2.19 bits per heavy atom. The summed E-state index contributed by atoms with van der Waals surface area (Å²) in [7, 11) is 3.21. The van der Waals surface area contributed by atoms with Crippen LogP contribution in [0.3, 0.4) is 0 Å². The molecule has 0 atom stereocenters. The first-order chi connectivity index (χ1) is 15.1. The van der Waals surface area contributed by atoms with Crippen molar-refractivity contribution in [3.8, 4) is 11.5 Å². The van der Waals surface area contributed by atoms with Gasteiger partial charge in [0.15, 0.2) is 0 Å². The molecule has 1 fully saturated rings. The fourth-order valence-corrected chi connectivity index (χ4v) is 4.13. The SMILES string of the molecule is COc1ccccc1NC(=O)C1CCN(C(=O)c2ccc(OC)c3ccccc23)CC1. The largest absolute Gasteiger partial charge is 0.496 e. The molecule has 0 bridgehead atoms. The zero-order valence-electron chi connectivity index (χ0n) is 17.8. The standard InChI is InChI=1S/C25H26N2O4/c1-30-22-12-11-20(18-7-3-4-8-19(18)22)25(29)27-15-13-17(14-16-27)24(28)26-21-9-5-6-10-23(21)31-2/h3-12,17H,13-16H2,1-2H3,(H,26,28). The van der Waals surface area contributed by atoms with Crippen molar-refractivity contribution in [2.45, 2.75) is 12.8 Å². The van der Waals surface area contributed by atoms with E-state index in [9.17, 15) is 9.59 Å². The molecule has 6 nitrogen and oxygen atoms in total. The van der Waals surface area contributed by atoms with Crippen molar-refractivity contribution in [2.75, 3.05) is 32.6 Å². The maximum atomic E-state index is 13.2. The number of ether oxygens (including phenoxy) is 2. The van der Waals surface area contributed by atoms with Gasteiger partial charge in [0.1, 0.15) is 11.5 Å². The van der Waals surface area contributed by atoms with Crippen LogP contribution in [0.2, 0.25) is 0 Å². The quantitative estimate of drug-likeness (QED) is 0.669. The molecule has 0 aromatic heterocycles. The average Bonchev–Trinajstić information content (AvgIpc) is 2.83. The number of benzene rings is 3. The van der Waals surface area contributed by atoms with E-state index in [1.54, 1.807) is 14.2 Å². The molecular formula is C25H26N2O4. The van der Waals surface area contributed by atoms with Gasteiger partial charge in [0, 0.05) is 30.0 Å². The van der Waals surface area contributed by atoms with Gasteiger partial charge in [-0.1, -0.05) is 36.4 Å². The minimum Gasteiger partial charge on any atom is -0.496 e. The van der Waals surface area contributed by atoms with Crippen LogP contribution in [0.4, 0.5) is 5.69 Å². The summed E-state index contributed by atoms with van der Waals surface area (Å²) in [6, 6.07) is 18.8. The van der Waals surface area contributed by atoms with Crippen molar-refractivity contribution in [1.29, 1.82) is 0 Å². The number of carbonyl (C=O) groups excluding carboxylic acids is 2. The smallest absolute Gasteiger partial charge is 0.254 e. The van der Waals surface area contributed by atoms with Crippen LogP contribution in [-0.2, 0) is 4.79 Å². The minimum absolute atomic E-state index is 0.0116. The van der Waals surface area contributed by atoms with Gasteiger partial charge in [-0.3, -0.25) is 9.59 Å². The molecule has 31 heavy (non-hydrogen) atoms. The summed E-state index contributed by atoms with van der Waals surface area (Å²) in [4.78, 5) is 27.8. The Hall–Kier alpha value is -3.54. The Morgan fingerprint density at radius 1 is 0.839 bits per heavy atom. The van der Waals surface area contributed by atoms with Crippen molar-refractivity contribution in [1.82, 2.24) is 4.90 Å². The molecule has 3 aromatic carbocycles. The molecule has 1 saturated heterocycles. The number of fused-ring (bicyclic) bond motifs is 1. The lowest BCUT2D eigenvalue weighted by molar-refractivity contribution is -0.121. The van der Waals surface area contributed by atoms with Crippen LogP contribution in [-0.4, -0.2) is 44.0 Å². The monoisotopic (exact) mass is 418 g/mol. The molecule has 6 heteroatoms. The molecule has 4 rings (SSSR count). The summed E-state index contributed by atoms with van der Waals surface area (Å²) >= 11 is 0. The van der Waals surface area contributed by atoms with E-state index in [0.717, 1.165) is 16.5 Å². The first kappa shape index (κ1) is 20.7. The van der Waals surface area contributed by atoms with Gasteiger partial charge >= 0.3 is 0 Å². The number of carbonyl (C=O) groups is 2. The molecule has 160 valence electrons. The third-order valence-electron chi connectivity index (χ3n) is 5.85. The van der Waals surface area contributed by atoms with E-state index in [2.05, 4.69) is 5.32 Å². The fourth-order valence-electron chi connectivity index (χ4n) is 4.13. The van der Waals surface area contributed by atoms with Crippen LogP contribution in [0.5, 0.6) is 11.5 Å². The lowest BCUT2D eigenvalue weighted by atomic mass is 9.94. The molecule has 0 aliphatic carbocycles. The number of hydrogen-bond donors (Lipinski definition) is 1. The molecule has 0 unspecified atom stereocenters. The summed E-state index contributed by atoms with van der Waals surface area (Å²) in [6.45, 7) is 1.09. The van der Waals surface area contributed by atoms with Gasteiger partial charge in [-0.05, 0) is 42.5 Å². The van der Waals surface area contributed by atoms with Gasteiger partial charge < -0.3 is 19.7 Å². The van der Waals surface area contributed by atoms with Crippen molar-refractivity contribution >= 4 is 28.3 Å². The third-order valence-corrected chi connectivity index (χ3v) is 5.85.